The smallest absolute Gasteiger partial charge is 0.140 e. The fourth-order valence-corrected chi connectivity index (χ4v) is 1.97. The maximum atomic E-state index is 13.5. The molecule has 0 aliphatic rings. The summed E-state index contributed by atoms with van der Waals surface area (Å²) in [6, 6.07) is 6.29. The molecular weight excluding hydrogens is 289 g/mol. The van der Waals surface area contributed by atoms with E-state index in [2.05, 4.69) is 24.9 Å². The maximum absolute atomic E-state index is 13.5. The monoisotopic (exact) mass is 309 g/mol. The highest BCUT2D eigenvalue weighted by atomic mass is 19.1. The first-order chi connectivity index (χ1) is 11.0. The van der Waals surface area contributed by atoms with Crippen LogP contribution in [-0.2, 0) is 6.54 Å². The Morgan fingerprint density at radius 3 is 2.70 bits per heavy atom. The summed E-state index contributed by atoms with van der Waals surface area (Å²) < 4.78 is 13.5. The van der Waals surface area contributed by atoms with Gasteiger partial charge in [0.1, 0.15) is 17.7 Å². The van der Waals surface area contributed by atoms with Crippen molar-refractivity contribution in [1.82, 2.24) is 4.90 Å². The second kappa shape index (κ2) is 8.50. The minimum atomic E-state index is -0.530. The Balaban J connectivity index is 3.23. The van der Waals surface area contributed by atoms with Crippen molar-refractivity contribution in [3.63, 3.8) is 0 Å². The lowest BCUT2D eigenvalue weighted by Crippen LogP contribution is -2.20. The van der Waals surface area contributed by atoms with Gasteiger partial charge < -0.3 is 4.90 Å². The van der Waals surface area contributed by atoms with E-state index in [0.29, 0.717) is 12.4 Å². The molecule has 0 atom stereocenters. The summed E-state index contributed by atoms with van der Waals surface area (Å²) in [4.78, 5) is 5.74. The molecule has 118 valence electrons. The van der Waals surface area contributed by atoms with Crippen molar-refractivity contribution in [2.24, 2.45) is 4.99 Å². The van der Waals surface area contributed by atoms with Gasteiger partial charge in [-0.25, -0.2) is 9.38 Å². The fourth-order valence-electron chi connectivity index (χ4n) is 1.97. The second-order valence-electron chi connectivity index (χ2n) is 4.89. The van der Waals surface area contributed by atoms with Crippen LogP contribution in [0, 0.1) is 17.1 Å². The van der Waals surface area contributed by atoms with Gasteiger partial charge in [0, 0.05) is 12.2 Å². The summed E-state index contributed by atoms with van der Waals surface area (Å²) >= 11 is 0. The Bertz CT molecular complexity index is 721. The predicted molar refractivity (Wildman–Crippen MR) is 93.1 cm³/mol. The average Bonchev–Trinajstić information content (AvgIpc) is 2.58. The van der Waals surface area contributed by atoms with Crippen LogP contribution in [0.3, 0.4) is 0 Å². The van der Waals surface area contributed by atoms with Crippen LogP contribution in [0.15, 0.2) is 71.7 Å². The maximum Gasteiger partial charge on any atom is 0.140 e. The minimum absolute atomic E-state index is 0.0134. The molecule has 0 heterocycles. The fraction of sp³-hybridized carbons (Fsp3) is 0.158. The predicted octanol–water partition coefficient (Wildman–Crippen LogP) is 4.71. The van der Waals surface area contributed by atoms with Crippen molar-refractivity contribution in [3.8, 4) is 6.07 Å². The lowest BCUT2D eigenvalue weighted by molar-refractivity contribution is 0.430. The Kier molecular flexibility index (Phi) is 6.69. The van der Waals surface area contributed by atoms with Gasteiger partial charge in [0.2, 0.25) is 0 Å². The van der Waals surface area contributed by atoms with Crippen LogP contribution in [0.25, 0.3) is 0 Å². The van der Waals surface area contributed by atoms with Gasteiger partial charge in [0.05, 0.1) is 5.56 Å². The molecule has 1 aromatic rings. The lowest BCUT2D eigenvalue weighted by Gasteiger charge is -2.25. The number of rotatable bonds is 7. The molecule has 0 spiro atoms. The molecule has 1 aromatic carbocycles. The standard InChI is InChI=1S/C19H20FN3/c1-6-14(3)10-18(7-2)23(15(4)22-5)13-16-8-9-19(20)17(11-16)12-21/h6-11H,1,4-5,13H2,2-3H3/b14-10-,18-7+. The molecule has 1 rings (SSSR count). The van der Waals surface area contributed by atoms with Gasteiger partial charge >= 0.3 is 0 Å². The van der Waals surface area contributed by atoms with Gasteiger partial charge in [-0.3, -0.25) is 0 Å². The highest BCUT2D eigenvalue weighted by molar-refractivity contribution is 5.37. The molecule has 0 aromatic heterocycles. The van der Waals surface area contributed by atoms with Crippen LogP contribution in [0.4, 0.5) is 4.39 Å². The SMILES string of the molecule is C=C/C(C)=C\C(=C/C)N(Cc1ccc(F)c(C#N)c1)C(=C)N=C. The Labute approximate surface area is 137 Å². The highest BCUT2D eigenvalue weighted by Crippen LogP contribution is 2.21. The van der Waals surface area contributed by atoms with E-state index >= 15 is 0 Å². The molecule has 0 aliphatic heterocycles. The normalized spacial score (nSPS) is 11.6. The summed E-state index contributed by atoms with van der Waals surface area (Å²) in [5.41, 5.74) is 2.63. The van der Waals surface area contributed by atoms with E-state index in [1.165, 1.54) is 12.1 Å². The molecule has 0 unspecified atom stereocenters. The van der Waals surface area contributed by atoms with Crippen molar-refractivity contribution in [2.75, 3.05) is 0 Å². The van der Waals surface area contributed by atoms with E-state index in [1.54, 1.807) is 12.1 Å². The van der Waals surface area contributed by atoms with E-state index < -0.39 is 5.82 Å². The average molecular weight is 309 g/mol. The number of hydrogen-bond acceptors (Lipinski definition) is 3. The van der Waals surface area contributed by atoms with Gasteiger partial charge in [0.25, 0.3) is 0 Å². The minimum Gasteiger partial charge on any atom is -0.323 e. The third kappa shape index (κ3) is 4.79. The summed E-state index contributed by atoms with van der Waals surface area (Å²) in [5.74, 6) is -0.0637. The van der Waals surface area contributed by atoms with E-state index in [1.807, 2.05) is 37.0 Å². The van der Waals surface area contributed by atoms with Gasteiger partial charge in [-0.15, -0.1) is 0 Å². The molecule has 0 saturated carbocycles. The third-order valence-electron chi connectivity index (χ3n) is 3.29. The molecule has 3 nitrogen and oxygen atoms in total. The summed E-state index contributed by atoms with van der Waals surface area (Å²) in [7, 11) is 0. The van der Waals surface area contributed by atoms with E-state index in [4.69, 9.17) is 5.26 Å². The second-order valence-corrected chi connectivity index (χ2v) is 4.89. The molecule has 0 amide bonds. The van der Waals surface area contributed by atoms with Gasteiger partial charge in [-0.2, -0.15) is 5.26 Å². The number of allylic oxidation sites excluding steroid dienone is 4. The largest absolute Gasteiger partial charge is 0.323 e. The number of nitrogens with zero attached hydrogens (tertiary/aromatic N) is 3. The molecule has 0 saturated heterocycles. The Morgan fingerprint density at radius 1 is 1.48 bits per heavy atom. The van der Waals surface area contributed by atoms with Crippen LogP contribution >= 0.6 is 0 Å². The first-order valence-corrected chi connectivity index (χ1v) is 7.05. The van der Waals surface area contributed by atoms with Crippen LogP contribution in [0.5, 0.6) is 0 Å². The van der Waals surface area contributed by atoms with E-state index in [-0.39, 0.29) is 5.56 Å². The number of aliphatic imine (C=N–C) groups is 1. The van der Waals surface area contributed by atoms with Crippen LogP contribution in [0.2, 0.25) is 0 Å². The summed E-state index contributed by atoms with van der Waals surface area (Å²) in [6.07, 6.45) is 5.60. The van der Waals surface area contributed by atoms with Crippen LogP contribution < -0.4 is 0 Å². The number of halogens is 1. The van der Waals surface area contributed by atoms with Crippen molar-refractivity contribution < 1.29 is 4.39 Å². The zero-order chi connectivity index (χ0) is 17.4. The summed E-state index contributed by atoms with van der Waals surface area (Å²) in [6.45, 7) is 15.4. The van der Waals surface area contributed by atoms with Gasteiger partial charge in [-0.1, -0.05) is 31.4 Å². The molecule has 0 radical (unpaired) electrons. The number of hydrogen-bond donors (Lipinski definition) is 0. The molecule has 0 aliphatic carbocycles. The van der Waals surface area contributed by atoms with Crippen LogP contribution in [0.1, 0.15) is 25.0 Å². The number of benzene rings is 1. The zero-order valence-electron chi connectivity index (χ0n) is 13.5. The molecule has 0 bridgehead atoms. The lowest BCUT2D eigenvalue weighted by atomic mass is 10.1. The Hall–Kier alpha value is -2.93. The third-order valence-corrected chi connectivity index (χ3v) is 3.29. The Morgan fingerprint density at radius 2 is 2.17 bits per heavy atom. The molecule has 4 heteroatoms. The van der Waals surface area contributed by atoms with Crippen molar-refractivity contribution in [3.05, 3.63) is 83.6 Å². The van der Waals surface area contributed by atoms with E-state index in [9.17, 15) is 4.39 Å². The highest BCUT2D eigenvalue weighted by Gasteiger charge is 2.12. The molecule has 0 N–H and O–H groups in total. The van der Waals surface area contributed by atoms with Crippen molar-refractivity contribution in [2.45, 2.75) is 20.4 Å². The molecule has 23 heavy (non-hydrogen) atoms. The quantitative estimate of drug-likeness (QED) is 0.540. The molecule has 0 fully saturated rings. The first-order valence-electron chi connectivity index (χ1n) is 7.05. The number of nitriles is 1. The van der Waals surface area contributed by atoms with Crippen LogP contribution in [-0.4, -0.2) is 11.6 Å². The van der Waals surface area contributed by atoms with Crippen molar-refractivity contribution >= 4 is 6.72 Å². The molecular formula is C19H20FN3. The van der Waals surface area contributed by atoms with Gasteiger partial charge in [0.15, 0.2) is 0 Å². The first kappa shape index (κ1) is 18.1. The van der Waals surface area contributed by atoms with Crippen molar-refractivity contribution in [1.29, 1.82) is 5.26 Å². The summed E-state index contributed by atoms with van der Waals surface area (Å²) in [5, 5.41) is 8.96. The van der Waals surface area contributed by atoms with E-state index in [0.717, 1.165) is 16.8 Å². The zero-order valence-corrected chi connectivity index (χ0v) is 13.5. The van der Waals surface area contributed by atoms with Gasteiger partial charge in [-0.05, 0) is 49.9 Å². The topological polar surface area (TPSA) is 39.4 Å².